The molecule has 6 heteroatoms. The van der Waals surface area contributed by atoms with E-state index in [-0.39, 0.29) is 5.97 Å². The molecule has 1 unspecified atom stereocenters. The number of aromatic nitrogens is 1. The molecule has 0 aliphatic heterocycles. The molecule has 0 aliphatic rings. The molecule has 1 atom stereocenters. The minimum absolute atomic E-state index is 0.316. The predicted octanol–water partition coefficient (Wildman–Crippen LogP) is 4.48. The minimum Gasteiger partial charge on any atom is -0.497 e. The number of nitrogens with one attached hydrogen (secondary N) is 1. The topological polar surface area (TPSA) is 60.5 Å². The second kappa shape index (κ2) is 8.73. The van der Waals surface area contributed by atoms with Crippen LogP contribution in [-0.4, -0.2) is 30.7 Å². The molecule has 0 saturated heterocycles. The number of hydrogen-bond acceptors (Lipinski definition) is 5. The quantitative estimate of drug-likeness (QED) is 0.608. The van der Waals surface area contributed by atoms with Crippen LogP contribution in [0.15, 0.2) is 54.6 Å². The zero-order valence-corrected chi connectivity index (χ0v) is 16.0. The maximum atomic E-state index is 12.4. The molecule has 0 aliphatic carbocycles. The summed E-state index contributed by atoms with van der Waals surface area (Å²) in [4.78, 5) is 17.1. The number of ether oxygens (including phenoxy) is 2. The van der Waals surface area contributed by atoms with Crippen molar-refractivity contribution >= 4 is 34.2 Å². The number of rotatable bonds is 7. The number of anilines is 1. The molecule has 5 nitrogen and oxygen atoms in total. The molecule has 1 heterocycles. The van der Waals surface area contributed by atoms with Gasteiger partial charge < -0.3 is 14.8 Å². The molecule has 2 aromatic carbocycles. The fourth-order valence-electron chi connectivity index (χ4n) is 2.80. The Morgan fingerprint density at radius 3 is 2.63 bits per heavy atom. The highest BCUT2D eigenvalue weighted by Crippen LogP contribution is 2.23. The van der Waals surface area contributed by atoms with Gasteiger partial charge >= 0.3 is 5.97 Å². The van der Waals surface area contributed by atoms with Crippen LogP contribution < -0.4 is 10.1 Å². The number of carbonyl (C=O) groups is 1. The molecule has 27 heavy (non-hydrogen) atoms. The second-order valence-electron chi connectivity index (χ2n) is 6.00. The van der Waals surface area contributed by atoms with Crippen LogP contribution in [0.3, 0.4) is 0 Å². The van der Waals surface area contributed by atoms with Gasteiger partial charge in [0.1, 0.15) is 11.8 Å². The molecule has 1 N–H and O–H groups in total. The van der Waals surface area contributed by atoms with Crippen LogP contribution in [0.25, 0.3) is 10.9 Å². The third kappa shape index (κ3) is 4.68. The van der Waals surface area contributed by atoms with Crippen molar-refractivity contribution in [2.45, 2.75) is 19.4 Å². The average Bonchev–Trinajstić information content (AvgIpc) is 2.69. The monoisotopic (exact) mass is 384 g/mol. The lowest BCUT2D eigenvalue weighted by Crippen LogP contribution is -2.33. The molecule has 1 aromatic heterocycles. The molecule has 140 valence electrons. The molecule has 3 aromatic rings. The number of pyridine rings is 1. The molecule has 0 fully saturated rings. The predicted molar refractivity (Wildman–Crippen MR) is 107 cm³/mol. The Morgan fingerprint density at radius 2 is 1.93 bits per heavy atom. The highest BCUT2D eigenvalue weighted by atomic mass is 35.5. The number of fused-ring (bicyclic) bond motifs is 1. The highest BCUT2D eigenvalue weighted by molar-refractivity contribution is 6.35. The number of hydrogen-bond donors (Lipinski definition) is 1. The molecular formula is C21H21ClN2O3. The number of benzene rings is 2. The van der Waals surface area contributed by atoms with Crippen molar-refractivity contribution in [3.63, 3.8) is 0 Å². The van der Waals surface area contributed by atoms with E-state index in [9.17, 15) is 4.79 Å². The Bertz CT molecular complexity index is 928. The average molecular weight is 385 g/mol. The Kier molecular flexibility index (Phi) is 6.14. The van der Waals surface area contributed by atoms with Gasteiger partial charge in [-0.1, -0.05) is 29.8 Å². The number of esters is 1. The summed E-state index contributed by atoms with van der Waals surface area (Å²) in [7, 11) is 1.61. The molecule has 0 amide bonds. The van der Waals surface area contributed by atoms with Crippen molar-refractivity contribution in [3.8, 4) is 5.75 Å². The Morgan fingerprint density at radius 1 is 1.15 bits per heavy atom. The summed E-state index contributed by atoms with van der Waals surface area (Å²) in [6.45, 7) is 2.10. The summed E-state index contributed by atoms with van der Waals surface area (Å²) >= 11 is 6.25. The summed E-state index contributed by atoms with van der Waals surface area (Å²) in [5, 5.41) is 4.77. The molecule has 0 radical (unpaired) electrons. The van der Waals surface area contributed by atoms with Crippen LogP contribution in [0, 0.1) is 0 Å². The SMILES string of the molecule is CCOC(=O)C(Cc1ccc2cccc(Cl)c2n1)Nc1ccc(OC)cc1. The summed E-state index contributed by atoms with van der Waals surface area (Å²) in [6, 6.07) is 16.3. The van der Waals surface area contributed by atoms with Gasteiger partial charge in [0.25, 0.3) is 0 Å². The summed E-state index contributed by atoms with van der Waals surface area (Å²) in [5.74, 6) is 0.424. The van der Waals surface area contributed by atoms with Crippen LogP contribution in [0.2, 0.25) is 5.02 Å². The van der Waals surface area contributed by atoms with Gasteiger partial charge in [0.2, 0.25) is 0 Å². The van der Waals surface area contributed by atoms with Gasteiger partial charge in [-0.2, -0.15) is 0 Å². The van der Waals surface area contributed by atoms with E-state index in [0.717, 1.165) is 28.0 Å². The summed E-state index contributed by atoms with van der Waals surface area (Å²) in [5.41, 5.74) is 2.28. The molecule has 3 rings (SSSR count). The molecular weight excluding hydrogens is 364 g/mol. The minimum atomic E-state index is -0.564. The first-order chi connectivity index (χ1) is 13.1. The summed E-state index contributed by atoms with van der Waals surface area (Å²) < 4.78 is 10.4. The van der Waals surface area contributed by atoms with E-state index in [1.165, 1.54) is 0 Å². The van der Waals surface area contributed by atoms with Gasteiger partial charge in [-0.15, -0.1) is 0 Å². The second-order valence-corrected chi connectivity index (χ2v) is 6.40. The van der Waals surface area contributed by atoms with Crippen LogP contribution >= 0.6 is 11.6 Å². The van der Waals surface area contributed by atoms with E-state index in [1.807, 2.05) is 48.5 Å². The first-order valence-corrected chi connectivity index (χ1v) is 9.10. The Balaban J connectivity index is 1.84. The number of methoxy groups -OCH3 is 1. The smallest absolute Gasteiger partial charge is 0.328 e. The Hall–Kier alpha value is -2.79. The fraction of sp³-hybridized carbons (Fsp3) is 0.238. The number of halogens is 1. The normalized spacial score (nSPS) is 11.8. The van der Waals surface area contributed by atoms with Crippen LogP contribution in [-0.2, 0) is 16.0 Å². The van der Waals surface area contributed by atoms with Crippen LogP contribution in [0.5, 0.6) is 5.75 Å². The van der Waals surface area contributed by atoms with E-state index >= 15 is 0 Å². The van der Waals surface area contributed by atoms with Crippen molar-refractivity contribution in [2.24, 2.45) is 0 Å². The van der Waals surface area contributed by atoms with Gasteiger partial charge in [-0.3, -0.25) is 4.98 Å². The molecule has 0 spiro atoms. The van der Waals surface area contributed by atoms with Crippen molar-refractivity contribution in [1.82, 2.24) is 4.98 Å². The van der Waals surface area contributed by atoms with Gasteiger partial charge in [-0.05, 0) is 43.3 Å². The lowest BCUT2D eigenvalue weighted by atomic mass is 10.1. The maximum absolute atomic E-state index is 12.4. The van der Waals surface area contributed by atoms with E-state index in [1.54, 1.807) is 20.1 Å². The van der Waals surface area contributed by atoms with Crippen LogP contribution in [0.4, 0.5) is 5.69 Å². The van der Waals surface area contributed by atoms with E-state index < -0.39 is 6.04 Å². The fourth-order valence-corrected chi connectivity index (χ4v) is 3.02. The van der Waals surface area contributed by atoms with Gasteiger partial charge in [-0.25, -0.2) is 4.79 Å². The van der Waals surface area contributed by atoms with Gasteiger partial charge in [0, 0.05) is 23.2 Å². The first-order valence-electron chi connectivity index (χ1n) is 8.72. The Labute approximate surface area is 163 Å². The van der Waals surface area contributed by atoms with Crippen molar-refractivity contribution in [3.05, 3.63) is 65.3 Å². The van der Waals surface area contributed by atoms with Gasteiger partial charge in [0.05, 0.1) is 24.3 Å². The lowest BCUT2D eigenvalue weighted by Gasteiger charge is -2.18. The standard InChI is InChI=1S/C21H21ClN2O3/c1-3-27-21(25)19(23-15-9-11-17(26-2)12-10-15)13-16-8-7-14-5-4-6-18(22)20(14)24-16/h4-12,19,23H,3,13H2,1-2H3. The zero-order valence-electron chi connectivity index (χ0n) is 15.2. The maximum Gasteiger partial charge on any atom is 0.328 e. The zero-order chi connectivity index (χ0) is 19.2. The van der Waals surface area contributed by atoms with Crippen molar-refractivity contribution in [2.75, 3.05) is 19.0 Å². The summed E-state index contributed by atoms with van der Waals surface area (Å²) in [6.07, 6.45) is 0.381. The van der Waals surface area contributed by atoms with E-state index in [2.05, 4.69) is 10.3 Å². The number of para-hydroxylation sites is 1. The first kappa shape index (κ1) is 19.0. The largest absolute Gasteiger partial charge is 0.497 e. The third-order valence-corrected chi connectivity index (χ3v) is 4.45. The van der Waals surface area contributed by atoms with E-state index in [4.69, 9.17) is 21.1 Å². The van der Waals surface area contributed by atoms with E-state index in [0.29, 0.717) is 18.1 Å². The number of nitrogens with zero attached hydrogens (tertiary/aromatic N) is 1. The molecule has 0 bridgehead atoms. The van der Waals surface area contributed by atoms with Gasteiger partial charge in [0.15, 0.2) is 0 Å². The third-order valence-electron chi connectivity index (χ3n) is 4.14. The van der Waals surface area contributed by atoms with Crippen molar-refractivity contribution < 1.29 is 14.3 Å². The van der Waals surface area contributed by atoms with Crippen molar-refractivity contribution in [1.29, 1.82) is 0 Å². The lowest BCUT2D eigenvalue weighted by molar-refractivity contribution is -0.144. The molecule has 0 saturated carbocycles. The van der Waals surface area contributed by atoms with Crippen LogP contribution in [0.1, 0.15) is 12.6 Å². The number of carbonyl (C=O) groups excluding carboxylic acids is 1. The highest BCUT2D eigenvalue weighted by Gasteiger charge is 2.21.